The summed E-state index contributed by atoms with van der Waals surface area (Å²) in [5, 5.41) is 14.1. The highest BCUT2D eigenvalue weighted by atomic mass is 16.6. The number of ether oxygens (including phenoxy) is 17. The van der Waals surface area contributed by atoms with Gasteiger partial charge in [-0.25, -0.2) is 0 Å². The number of carbonyl (C=O) groups is 7. The first kappa shape index (κ1) is 87.8. The van der Waals surface area contributed by atoms with Crippen molar-refractivity contribution in [2.24, 2.45) is 5.11 Å². The van der Waals surface area contributed by atoms with Crippen LogP contribution < -0.4 is 4.74 Å². The van der Waals surface area contributed by atoms with Crippen molar-refractivity contribution in [1.29, 1.82) is 0 Å². The lowest BCUT2D eigenvalue weighted by Crippen LogP contribution is -2.48. The average molecular weight is 1380 g/mol. The lowest BCUT2D eigenvalue weighted by molar-refractivity contribution is -0.384. The number of rotatable bonds is 68. The molecule has 0 N–H and O–H groups in total. The zero-order valence-corrected chi connectivity index (χ0v) is 56.9. The summed E-state index contributed by atoms with van der Waals surface area (Å²) < 4.78 is 93.0. The SMILES string of the molecule is CN(CC(=O)CCCCN=[N+]=[N-])C(=O)CN(C)C(=O)CN(C)C(=O)CN(C)C(=O)CN(C)C(=O)COCCOCCOCCOCCOCCOCCOCCOCCOCCOCCOCCOCCOCCOCCOCCOCCCC(=O)Oc1ccc([N+](=O)[O-])cc1. The lowest BCUT2D eigenvalue weighted by atomic mass is 10.1. The molecule has 1 rings (SSSR count). The standard InChI is InChI=1S/C61H105N9O26/c1-65(47-54(71)9-6-7-15-63-64-62)56(72)48-66(2)57(73)49-67(3)58(74)50-68(4)59(75)51-69(5)60(76)52-95-46-45-94-44-43-93-42-41-92-40-39-91-38-37-90-36-35-89-34-33-88-32-31-87-30-29-86-28-27-85-26-25-84-24-23-83-22-21-82-20-19-81-18-17-80-16-8-10-61(77)96-55-13-11-53(12-14-55)70(78)79/h11-14H,6-10,15-52H2,1-5H3. The van der Waals surface area contributed by atoms with E-state index in [0.29, 0.717) is 211 Å². The number of nitrogens with zero attached hydrogens (tertiary/aromatic N) is 9. The lowest BCUT2D eigenvalue weighted by Gasteiger charge is -2.26. The minimum atomic E-state index is -0.540. The van der Waals surface area contributed by atoms with E-state index in [-0.39, 0.29) is 89.2 Å². The second-order valence-electron chi connectivity index (χ2n) is 20.8. The van der Waals surface area contributed by atoms with Crippen LogP contribution >= 0.6 is 0 Å². The molecule has 0 atom stereocenters. The first-order chi connectivity index (χ1) is 46.5. The van der Waals surface area contributed by atoms with Crippen molar-refractivity contribution in [2.75, 3.05) is 286 Å². The van der Waals surface area contributed by atoms with Gasteiger partial charge in [0.1, 0.15) is 12.4 Å². The number of esters is 1. The third-order valence-electron chi connectivity index (χ3n) is 12.8. The van der Waals surface area contributed by atoms with Crippen LogP contribution in [0.4, 0.5) is 5.69 Å². The Morgan fingerprint density at radius 3 is 0.938 bits per heavy atom. The number of azide groups is 1. The van der Waals surface area contributed by atoms with Crippen LogP contribution in [0.3, 0.4) is 0 Å². The van der Waals surface area contributed by atoms with Gasteiger partial charge < -0.3 is 105 Å². The number of nitro groups is 1. The van der Waals surface area contributed by atoms with Crippen LogP contribution in [-0.2, 0) is 109 Å². The van der Waals surface area contributed by atoms with E-state index in [9.17, 15) is 43.7 Å². The van der Waals surface area contributed by atoms with Gasteiger partial charge in [0.25, 0.3) is 5.69 Å². The maximum absolute atomic E-state index is 12.8. The van der Waals surface area contributed by atoms with E-state index in [1.54, 1.807) is 0 Å². The van der Waals surface area contributed by atoms with E-state index in [1.165, 1.54) is 69.3 Å². The van der Waals surface area contributed by atoms with Crippen molar-refractivity contribution in [2.45, 2.75) is 32.1 Å². The Kier molecular flexibility index (Phi) is 57.0. The Morgan fingerprint density at radius 2 is 0.646 bits per heavy atom. The van der Waals surface area contributed by atoms with E-state index in [4.69, 9.17) is 86.1 Å². The number of nitro benzene ring substituents is 1. The van der Waals surface area contributed by atoms with Gasteiger partial charge in [0.2, 0.25) is 29.5 Å². The van der Waals surface area contributed by atoms with Crippen molar-refractivity contribution in [3.05, 3.63) is 44.8 Å². The fourth-order valence-electron chi connectivity index (χ4n) is 7.33. The summed E-state index contributed by atoms with van der Waals surface area (Å²) >= 11 is 0. The molecule has 0 saturated carbocycles. The molecule has 1 aromatic carbocycles. The minimum Gasteiger partial charge on any atom is -0.427 e. The molecule has 35 nitrogen and oxygen atoms in total. The van der Waals surface area contributed by atoms with Gasteiger partial charge in [0.15, 0.2) is 5.78 Å². The van der Waals surface area contributed by atoms with Gasteiger partial charge >= 0.3 is 5.97 Å². The molecule has 0 aliphatic rings. The first-order valence-corrected chi connectivity index (χ1v) is 32.0. The molecule has 96 heavy (non-hydrogen) atoms. The first-order valence-electron chi connectivity index (χ1n) is 32.0. The number of likely N-dealkylation sites (N-methyl/N-ethyl adjacent to an activating group) is 5. The van der Waals surface area contributed by atoms with E-state index in [0.717, 1.165) is 14.7 Å². The Hall–Kier alpha value is -6.22. The second kappa shape index (κ2) is 62.3. The van der Waals surface area contributed by atoms with Crippen molar-refractivity contribution in [1.82, 2.24) is 24.5 Å². The van der Waals surface area contributed by atoms with Gasteiger partial charge in [-0.3, -0.25) is 43.7 Å². The topological polar surface area (TPSA) is 385 Å². The Bertz CT molecular complexity index is 2260. The molecule has 5 amide bonds. The van der Waals surface area contributed by atoms with Crippen LogP contribution in [0, 0.1) is 10.1 Å². The van der Waals surface area contributed by atoms with Crippen molar-refractivity contribution in [3.8, 4) is 5.75 Å². The average Bonchev–Trinajstić information content (AvgIpc) is 1.41. The third-order valence-corrected chi connectivity index (χ3v) is 12.8. The molecule has 0 radical (unpaired) electrons. The van der Waals surface area contributed by atoms with E-state index >= 15 is 0 Å². The van der Waals surface area contributed by atoms with E-state index in [1.807, 2.05) is 0 Å². The number of hydrogen-bond donors (Lipinski definition) is 0. The molecule has 0 aromatic heterocycles. The van der Waals surface area contributed by atoms with Gasteiger partial charge in [-0.05, 0) is 36.9 Å². The fourth-order valence-corrected chi connectivity index (χ4v) is 7.33. The summed E-state index contributed by atoms with van der Waals surface area (Å²) in [5.74, 6) is -2.86. The van der Waals surface area contributed by atoms with E-state index < -0.39 is 40.4 Å². The molecule has 35 heteroatoms. The number of amides is 5. The molecule has 0 saturated heterocycles. The van der Waals surface area contributed by atoms with Crippen LogP contribution in [0.25, 0.3) is 10.4 Å². The summed E-state index contributed by atoms with van der Waals surface area (Å²) in [5.41, 5.74) is 8.24. The monoisotopic (exact) mass is 1380 g/mol. The highest BCUT2D eigenvalue weighted by Crippen LogP contribution is 2.18. The Labute approximate surface area is 562 Å². The molecule has 0 bridgehead atoms. The normalized spacial score (nSPS) is 11.1. The molecule has 1 aromatic rings. The third kappa shape index (κ3) is 52.9. The van der Waals surface area contributed by atoms with E-state index in [2.05, 4.69) is 10.0 Å². The number of carbonyl (C=O) groups excluding carboxylic acids is 7. The molecule has 0 unspecified atom stereocenters. The number of benzene rings is 1. The number of hydrogen-bond acceptors (Lipinski definition) is 27. The number of Topliss-reactive ketones (excluding diaryl/α,β-unsaturated/α-hetero) is 1. The molecule has 550 valence electrons. The van der Waals surface area contributed by atoms with Crippen LogP contribution in [0.15, 0.2) is 29.4 Å². The molecule has 0 fully saturated rings. The summed E-state index contributed by atoms with van der Waals surface area (Å²) in [7, 11) is 7.07. The number of non-ortho nitro benzene ring substituents is 1. The van der Waals surface area contributed by atoms with Crippen LogP contribution in [0.5, 0.6) is 5.75 Å². The Balaban J connectivity index is 1.78. The highest BCUT2D eigenvalue weighted by molar-refractivity contribution is 5.92. The zero-order valence-electron chi connectivity index (χ0n) is 56.9. The molecule has 0 heterocycles. The van der Waals surface area contributed by atoms with Gasteiger partial charge in [-0.1, -0.05) is 5.11 Å². The maximum Gasteiger partial charge on any atom is 0.311 e. The molecule has 0 aliphatic heterocycles. The number of ketones is 1. The molecular formula is C61H105N9O26. The van der Waals surface area contributed by atoms with Crippen molar-refractivity contribution in [3.63, 3.8) is 0 Å². The van der Waals surface area contributed by atoms with Crippen molar-refractivity contribution < 1.29 is 119 Å². The quantitative estimate of drug-likeness (QED) is 0.0128. The van der Waals surface area contributed by atoms with Crippen LogP contribution in [0.1, 0.15) is 32.1 Å². The van der Waals surface area contributed by atoms with Crippen LogP contribution in [-0.4, -0.2) is 357 Å². The Morgan fingerprint density at radius 1 is 0.375 bits per heavy atom. The predicted octanol–water partition coefficient (Wildman–Crippen LogP) is 0.888. The van der Waals surface area contributed by atoms with Gasteiger partial charge in [-0.2, -0.15) is 0 Å². The summed E-state index contributed by atoms with van der Waals surface area (Å²) in [6.07, 6.45) is 1.93. The highest BCUT2D eigenvalue weighted by Gasteiger charge is 2.24. The largest absolute Gasteiger partial charge is 0.427 e. The minimum absolute atomic E-state index is 0.0772. The zero-order chi connectivity index (χ0) is 70.3. The summed E-state index contributed by atoms with van der Waals surface area (Å²) in [4.78, 5) is 106. The molecule has 0 aliphatic carbocycles. The van der Waals surface area contributed by atoms with Gasteiger partial charge in [0.05, 0.1) is 236 Å². The maximum atomic E-state index is 12.8. The smallest absolute Gasteiger partial charge is 0.311 e. The number of unbranched alkanes of at least 4 members (excludes halogenated alkanes) is 1. The molecular weight excluding hydrogens is 1270 g/mol. The summed E-state index contributed by atoms with van der Waals surface area (Å²) in [6.45, 7) is 11.0. The summed E-state index contributed by atoms with van der Waals surface area (Å²) in [6, 6.07) is 5.31. The van der Waals surface area contributed by atoms with Crippen molar-refractivity contribution >= 4 is 47.0 Å². The molecule has 0 spiro atoms. The fraction of sp³-hybridized carbons (Fsp3) is 0.787. The second-order valence-corrected chi connectivity index (χ2v) is 20.8. The van der Waals surface area contributed by atoms with Gasteiger partial charge in [-0.15, -0.1) is 0 Å². The predicted molar refractivity (Wildman–Crippen MR) is 342 cm³/mol. The van der Waals surface area contributed by atoms with Crippen LogP contribution in [0.2, 0.25) is 0 Å². The van der Waals surface area contributed by atoms with Gasteiger partial charge in [0, 0.05) is 78.3 Å².